The molecule has 3 unspecified atom stereocenters. The minimum atomic E-state index is -0.348. The molecule has 0 bridgehead atoms. The molecule has 2 aliphatic rings. The van der Waals surface area contributed by atoms with Crippen molar-refractivity contribution in [3.8, 4) is 11.5 Å². The number of nitrogens with zero attached hydrogens (tertiary/aromatic N) is 1. The Labute approximate surface area is 115 Å². The first-order valence-corrected chi connectivity index (χ1v) is 6.43. The molecule has 1 aromatic carbocycles. The molecule has 6 nitrogen and oxygen atoms in total. The average Bonchev–Trinajstić information content (AvgIpc) is 2.98. The largest absolute Gasteiger partial charge is 0.493 e. The van der Waals surface area contributed by atoms with Crippen LogP contribution in [-0.2, 0) is 9.63 Å². The van der Waals surface area contributed by atoms with Crippen molar-refractivity contribution in [1.82, 2.24) is 0 Å². The van der Waals surface area contributed by atoms with Gasteiger partial charge in [-0.1, -0.05) is 5.16 Å². The number of rotatable bonds is 4. The molecule has 20 heavy (non-hydrogen) atoms. The average molecular weight is 277 g/mol. The number of carbonyl (C=O) groups excluding carboxylic acids is 1. The highest BCUT2D eigenvalue weighted by atomic mass is 16.6. The molecule has 1 heterocycles. The molecular formula is C14H15NO5. The van der Waals surface area contributed by atoms with E-state index in [0.29, 0.717) is 30.8 Å². The predicted octanol–water partition coefficient (Wildman–Crippen LogP) is 1.10. The van der Waals surface area contributed by atoms with Crippen LogP contribution in [-0.4, -0.2) is 36.6 Å². The Hall–Kier alpha value is -2.08. The predicted molar refractivity (Wildman–Crippen MR) is 69.8 cm³/mol. The number of carbonyl (C=O) groups is 1. The summed E-state index contributed by atoms with van der Waals surface area (Å²) >= 11 is 0. The molecule has 3 rings (SSSR count). The topological polar surface area (TPSA) is 77.3 Å². The lowest BCUT2D eigenvalue weighted by atomic mass is 9.94. The van der Waals surface area contributed by atoms with E-state index in [1.54, 1.807) is 12.1 Å². The molecular weight excluding hydrogens is 262 g/mol. The van der Waals surface area contributed by atoms with Crippen molar-refractivity contribution in [3.05, 3.63) is 23.8 Å². The number of hydrogen-bond donors (Lipinski definition) is 1. The highest BCUT2D eigenvalue weighted by Gasteiger charge is 2.43. The molecule has 0 amide bonds. The first kappa shape index (κ1) is 12.9. The van der Waals surface area contributed by atoms with E-state index in [1.165, 1.54) is 7.11 Å². The fourth-order valence-electron chi connectivity index (χ4n) is 2.82. The van der Waals surface area contributed by atoms with Gasteiger partial charge < -0.3 is 19.4 Å². The van der Waals surface area contributed by atoms with Crippen LogP contribution >= 0.6 is 0 Å². The summed E-state index contributed by atoms with van der Waals surface area (Å²) in [5.74, 6) is 0.899. The molecule has 0 aromatic heterocycles. The van der Waals surface area contributed by atoms with Crippen molar-refractivity contribution in [1.29, 1.82) is 0 Å². The quantitative estimate of drug-likeness (QED) is 0.834. The Morgan fingerprint density at radius 3 is 3.00 bits per heavy atom. The SMILES string of the molecule is COc1ccc(C2=NOC3CC(O)CC23)cc1OC=O. The van der Waals surface area contributed by atoms with Gasteiger partial charge >= 0.3 is 0 Å². The van der Waals surface area contributed by atoms with E-state index < -0.39 is 0 Å². The third-order valence-electron chi connectivity index (χ3n) is 3.75. The molecule has 1 aromatic rings. The van der Waals surface area contributed by atoms with Crippen molar-refractivity contribution < 1.29 is 24.2 Å². The zero-order valence-corrected chi connectivity index (χ0v) is 11.0. The van der Waals surface area contributed by atoms with Gasteiger partial charge in [0.1, 0.15) is 6.10 Å². The van der Waals surface area contributed by atoms with E-state index >= 15 is 0 Å². The highest BCUT2D eigenvalue weighted by Crippen LogP contribution is 2.38. The van der Waals surface area contributed by atoms with Crippen molar-refractivity contribution in [2.45, 2.75) is 25.0 Å². The van der Waals surface area contributed by atoms with Crippen LogP contribution in [0.2, 0.25) is 0 Å². The van der Waals surface area contributed by atoms with Crippen molar-refractivity contribution in [2.24, 2.45) is 11.1 Å². The number of aliphatic hydroxyl groups excluding tert-OH is 1. The Kier molecular flexibility index (Phi) is 3.31. The molecule has 1 fully saturated rings. The fraction of sp³-hybridized carbons (Fsp3) is 0.429. The fourth-order valence-corrected chi connectivity index (χ4v) is 2.82. The van der Waals surface area contributed by atoms with E-state index in [2.05, 4.69) is 5.16 Å². The molecule has 0 spiro atoms. The van der Waals surface area contributed by atoms with Crippen LogP contribution < -0.4 is 9.47 Å². The van der Waals surface area contributed by atoms with E-state index in [9.17, 15) is 9.90 Å². The lowest BCUT2D eigenvalue weighted by Crippen LogP contribution is -2.17. The molecule has 1 N–H and O–H groups in total. The first-order chi connectivity index (χ1) is 9.72. The summed E-state index contributed by atoms with van der Waals surface area (Å²) in [6, 6.07) is 5.25. The van der Waals surface area contributed by atoms with E-state index in [1.807, 2.05) is 6.07 Å². The van der Waals surface area contributed by atoms with Crippen LogP contribution in [0.4, 0.5) is 0 Å². The van der Waals surface area contributed by atoms with Gasteiger partial charge in [0.2, 0.25) is 0 Å². The smallest absolute Gasteiger partial charge is 0.298 e. The third kappa shape index (κ3) is 2.12. The van der Waals surface area contributed by atoms with Crippen LogP contribution in [0.25, 0.3) is 0 Å². The Balaban J connectivity index is 1.91. The van der Waals surface area contributed by atoms with E-state index in [-0.39, 0.29) is 18.1 Å². The lowest BCUT2D eigenvalue weighted by Gasteiger charge is -2.11. The minimum Gasteiger partial charge on any atom is -0.493 e. The number of methoxy groups -OCH3 is 1. The highest BCUT2D eigenvalue weighted by molar-refractivity contribution is 6.03. The maximum absolute atomic E-state index is 10.5. The van der Waals surface area contributed by atoms with Crippen LogP contribution in [0, 0.1) is 5.92 Å². The summed E-state index contributed by atoms with van der Waals surface area (Å²) in [5.41, 5.74) is 1.59. The molecule has 3 atom stereocenters. The second-order valence-corrected chi connectivity index (χ2v) is 4.93. The van der Waals surface area contributed by atoms with Gasteiger partial charge in [0.05, 0.1) is 18.9 Å². The Morgan fingerprint density at radius 2 is 2.25 bits per heavy atom. The van der Waals surface area contributed by atoms with Crippen molar-refractivity contribution >= 4 is 12.2 Å². The van der Waals surface area contributed by atoms with Crippen LogP contribution in [0.15, 0.2) is 23.4 Å². The first-order valence-electron chi connectivity index (χ1n) is 6.43. The molecule has 106 valence electrons. The van der Waals surface area contributed by atoms with Gasteiger partial charge in [-0.25, -0.2) is 0 Å². The minimum absolute atomic E-state index is 0.0578. The lowest BCUT2D eigenvalue weighted by molar-refractivity contribution is -0.120. The van der Waals surface area contributed by atoms with Crippen LogP contribution in [0.3, 0.4) is 0 Å². The summed E-state index contributed by atoms with van der Waals surface area (Å²) in [6.45, 7) is 0.358. The third-order valence-corrected chi connectivity index (χ3v) is 3.75. The standard InChI is InChI=1S/C14H15NO5/c1-18-11-3-2-8(4-13(11)19-7-16)14-10-5-9(17)6-12(10)20-15-14/h2-4,7,9-10,12,17H,5-6H2,1H3. The van der Waals surface area contributed by atoms with Gasteiger partial charge in [0.15, 0.2) is 11.5 Å². The second-order valence-electron chi connectivity index (χ2n) is 4.93. The maximum atomic E-state index is 10.5. The molecule has 0 radical (unpaired) electrons. The van der Waals surface area contributed by atoms with Crippen molar-refractivity contribution in [3.63, 3.8) is 0 Å². The molecule has 1 aliphatic carbocycles. The number of oxime groups is 1. The summed E-state index contributed by atoms with van der Waals surface area (Å²) in [4.78, 5) is 15.9. The van der Waals surface area contributed by atoms with Gasteiger partial charge in [-0.2, -0.15) is 0 Å². The summed E-state index contributed by atoms with van der Waals surface area (Å²) < 4.78 is 10.0. The number of aliphatic hydroxyl groups is 1. The van der Waals surface area contributed by atoms with E-state index in [0.717, 1.165) is 11.3 Å². The summed E-state index contributed by atoms with van der Waals surface area (Å²) in [6.07, 6.45) is 0.835. The normalized spacial score (nSPS) is 27.5. The van der Waals surface area contributed by atoms with Gasteiger partial charge in [-0.15, -0.1) is 0 Å². The zero-order valence-electron chi connectivity index (χ0n) is 11.0. The number of ether oxygens (including phenoxy) is 2. The number of fused-ring (bicyclic) bond motifs is 1. The Morgan fingerprint density at radius 1 is 1.40 bits per heavy atom. The maximum Gasteiger partial charge on any atom is 0.298 e. The summed E-state index contributed by atoms with van der Waals surface area (Å²) in [5, 5.41) is 13.8. The van der Waals surface area contributed by atoms with Gasteiger partial charge in [0.25, 0.3) is 6.47 Å². The molecule has 0 saturated heterocycles. The van der Waals surface area contributed by atoms with Gasteiger partial charge in [0, 0.05) is 17.9 Å². The number of benzene rings is 1. The second kappa shape index (κ2) is 5.13. The van der Waals surface area contributed by atoms with Crippen LogP contribution in [0.5, 0.6) is 11.5 Å². The summed E-state index contributed by atoms with van der Waals surface area (Å²) in [7, 11) is 1.51. The zero-order chi connectivity index (χ0) is 14.1. The molecule has 1 saturated carbocycles. The van der Waals surface area contributed by atoms with Gasteiger partial charge in [-0.3, -0.25) is 4.79 Å². The Bertz CT molecular complexity index is 556. The monoisotopic (exact) mass is 277 g/mol. The van der Waals surface area contributed by atoms with Crippen molar-refractivity contribution in [2.75, 3.05) is 7.11 Å². The molecule has 1 aliphatic heterocycles. The molecule has 6 heteroatoms. The van der Waals surface area contributed by atoms with Gasteiger partial charge in [-0.05, 0) is 24.6 Å². The van der Waals surface area contributed by atoms with Crippen LogP contribution in [0.1, 0.15) is 18.4 Å². The number of hydrogen-bond acceptors (Lipinski definition) is 6. The van der Waals surface area contributed by atoms with E-state index in [4.69, 9.17) is 14.3 Å².